The summed E-state index contributed by atoms with van der Waals surface area (Å²) in [4.78, 5) is 10.4. The van der Waals surface area contributed by atoms with E-state index in [0.717, 1.165) is 15.6 Å². The molecule has 0 unspecified atom stereocenters. The van der Waals surface area contributed by atoms with Gasteiger partial charge in [0.2, 0.25) is 0 Å². The predicted octanol–water partition coefficient (Wildman–Crippen LogP) is 2.94. The third-order valence-corrected chi connectivity index (χ3v) is 2.33. The number of halogens is 1. The fraction of sp³-hybridized carbons (Fsp3) is 0.100. The average molecular weight is 241 g/mol. The van der Waals surface area contributed by atoms with Crippen molar-refractivity contribution in [1.82, 2.24) is 0 Å². The highest BCUT2D eigenvalue weighted by atomic mass is 79.9. The standard InChI is InChI=1S/C10H9BrO2/c1-7(6-10(12)13)8-4-2-3-5-9(8)11/h2-6H,1H3,(H,12,13). The molecule has 3 heteroatoms. The van der Waals surface area contributed by atoms with Crippen LogP contribution in [-0.2, 0) is 4.79 Å². The van der Waals surface area contributed by atoms with Crippen LogP contribution in [0.15, 0.2) is 34.8 Å². The van der Waals surface area contributed by atoms with Gasteiger partial charge >= 0.3 is 5.97 Å². The van der Waals surface area contributed by atoms with E-state index in [1.54, 1.807) is 6.92 Å². The van der Waals surface area contributed by atoms with Crippen molar-refractivity contribution in [3.63, 3.8) is 0 Å². The molecule has 1 N–H and O–H groups in total. The Hall–Kier alpha value is -1.09. The molecule has 1 aromatic carbocycles. The van der Waals surface area contributed by atoms with Crippen LogP contribution in [0.1, 0.15) is 12.5 Å². The first-order valence-corrected chi connectivity index (χ1v) is 4.56. The van der Waals surface area contributed by atoms with Gasteiger partial charge in [-0.2, -0.15) is 0 Å². The maximum Gasteiger partial charge on any atom is 0.328 e. The first kappa shape index (κ1) is 9.99. The number of carboxylic acid groups (broad SMARTS) is 1. The molecule has 13 heavy (non-hydrogen) atoms. The van der Waals surface area contributed by atoms with E-state index >= 15 is 0 Å². The summed E-state index contributed by atoms with van der Waals surface area (Å²) < 4.78 is 0.907. The van der Waals surface area contributed by atoms with Crippen molar-refractivity contribution in [2.45, 2.75) is 6.92 Å². The van der Waals surface area contributed by atoms with E-state index in [9.17, 15) is 4.79 Å². The van der Waals surface area contributed by atoms with Gasteiger partial charge in [0.1, 0.15) is 0 Å². The molecule has 0 heterocycles. The summed E-state index contributed by atoms with van der Waals surface area (Å²) >= 11 is 3.35. The molecule has 68 valence electrons. The number of aliphatic carboxylic acids is 1. The van der Waals surface area contributed by atoms with Crippen molar-refractivity contribution >= 4 is 27.5 Å². The molecule has 0 amide bonds. The van der Waals surface area contributed by atoms with Crippen molar-refractivity contribution in [1.29, 1.82) is 0 Å². The lowest BCUT2D eigenvalue weighted by Gasteiger charge is -2.02. The smallest absolute Gasteiger partial charge is 0.328 e. The maximum absolute atomic E-state index is 10.4. The van der Waals surface area contributed by atoms with Crippen LogP contribution in [0.3, 0.4) is 0 Å². The van der Waals surface area contributed by atoms with E-state index in [-0.39, 0.29) is 0 Å². The second-order valence-electron chi connectivity index (χ2n) is 2.65. The zero-order chi connectivity index (χ0) is 9.84. The summed E-state index contributed by atoms with van der Waals surface area (Å²) in [5.74, 6) is -0.923. The minimum atomic E-state index is -0.923. The molecular formula is C10H9BrO2. The normalized spacial score (nSPS) is 11.4. The molecule has 2 nitrogen and oxygen atoms in total. The van der Waals surface area contributed by atoms with Gasteiger partial charge < -0.3 is 5.11 Å². The van der Waals surface area contributed by atoms with Crippen LogP contribution in [-0.4, -0.2) is 11.1 Å². The van der Waals surface area contributed by atoms with Crippen molar-refractivity contribution in [3.05, 3.63) is 40.4 Å². The lowest BCUT2D eigenvalue weighted by molar-refractivity contribution is -0.131. The number of allylic oxidation sites excluding steroid dienone is 1. The van der Waals surface area contributed by atoms with Crippen LogP contribution < -0.4 is 0 Å². The van der Waals surface area contributed by atoms with Gasteiger partial charge in [0, 0.05) is 10.5 Å². The fourth-order valence-electron chi connectivity index (χ4n) is 1.04. The van der Waals surface area contributed by atoms with Crippen molar-refractivity contribution in [3.8, 4) is 0 Å². The molecule has 1 aromatic rings. The molecule has 1 rings (SSSR count). The summed E-state index contributed by atoms with van der Waals surface area (Å²) in [6.07, 6.45) is 1.19. The highest BCUT2D eigenvalue weighted by Gasteiger charge is 2.01. The van der Waals surface area contributed by atoms with Gasteiger partial charge in [0.25, 0.3) is 0 Å². The number of carbonyl (C=O) groups is 1. The lowest BCUT2D eigenvalue weighted by Crippen LogP contribution is -1.90. The molecule has 0 saturated heterocycles. The van der Waals surface area contributed by atoms with Crippen LogP contribution >= 0.6 is 15.9 Å². The van der Waals surface area contributed by atoms with E-state index in [1.165, 1.54) is 6.08 Å². The lowest BCUT2D eigenvalue weighted by atomic mass is 10.1. The Kier molecular flexibility index (Phi) is 3.25. The number of carboxylic acids is 1. The van der Waals surface area contributed by atoms with Crippen molar-refractivity contribution in [2.75, 3.05) is 0 Å². The molecule has 0 atom stereocenters. The molecule has 0 aliphatic heterocycles. The first-order valence-electron chi connectivity index (χ1n) is 3.77. The van der Waals surface area contributed by atoms with Crippen LogP contribution in [0, 0.1) is 0 Å². The quantitative estimate of drug-likeness (QED) is 0.808. The molecule has 0 bridgehead atoms. The molecule has 0 saturated carbocycles. The largest absolute Gasteiger partial charge is 0.478 e. The summed E-state index contributed by atoms with van der Waals surface area (Å²) in [5, 5.41) is 8.54. The Balaban J connectivity index is 3.08. The Bertz CT molecular complexity index is 356. The van der Waals surface area contributed by atoms with Crippen molar-refractivity contribution < 1.29 is 9.90 Å². The Morgan fingerprint density at radius 1 is 1.46 bits per heavy atom. The van der Waals surface area contributed by atoms with Gasteiger partial charge in [-0.25, -0.2) is 4.79 Å². The topological polar surface area (TPSA) is 37.3 Å². The van der Waals surface area contributed by atoms with Gasteiger partial charge in [0.05, 0.1) is 0 Å². The average Bonchev–Trinajstić information content (AvgIpc) is 2.03. The summed E-state index contributed by atoms with van der Waals surface area (Å²) in [6, 6.07) is 7.52. The minimum absolute atomic E-state index is 0.736. The SMILES string of the molecule is CC(=CC(=O)O)c1ccccc1Br. The van der Waals surface area contributed by atoms with E-state index in [4.69, 9.17) is 5.11 Å². The molecule has 0 aliphatic carbocycles. The first-order chi connectivity index (χ1) is 6.11. The number of benzene rings is 1. The Morgan fingerprint density at radius 3 is 2.62 bits per heavy atom. The zero-order valence-corrected chi connectivity index (χ0v) is 8.71. The molecule has 0 aromatic heterocycles. The molecule has 0 spiro atoms. The Labute approximate surface area is 85.0 Å². The third kappa shape index (κ3) is 2.70. The van der Waals surface area contributed by atoms with Gasteiger partial charge in [-0.15, -0.1) is 0 Å². The molecule has 0 fully saturated rings. The highest BCUT2D eigenvalue weighted by Crippen LogP contribution is 2.23. The van der Waals surface area contributed by atoms with E-state index in [2.05, 4.69) is 15.9 Å². The van der Waals surface area contributed by atoms with E-state index < -0.39 is 5.97 Å². The second-order valence-corrected chi connectivity index (χ2v) is 3.50. The zero-order valence-electron chi connectivity index (χ0n) is 7.12. The predicted molar refractivity (Wildman–Crippen MR) is 55.4 cm³/mol. The number of hydrogen-bond donors (Lipinski definition) is 1. The minimum Gasteiger partial charge on any atom is -0.478 e. The summed E-state index contributed by atoms with van der Waals surface area (Å²) in [7, 11) is 0. The number of hydrogen-bond acceptors (Lipinski definition) is 1. The van der Waals surface area contributed by atoms with Crippen LogP contribution in [0.25, 0.3) is 5.57 Å². The fourth-order valence-corrected chi connectivity index (χ4v) is 1.64. The summed E-state index contributed by atoms with van der Waals surface area (Å²) in [5.41, 5.74) is 1.64. The maximum atomic E-state index is 10.4. The number of rotatable bonds is 2. The third-order valence-electron chi connectivity index (χ3n) is 1.64. The molecule has 0 radical (unpaired) electrons. The van der Waals surface area contributed by atoms with E-state index in [1.807, 2.05) is 24.3 Å². The van der Waals surface area contributed by atoms with Crippen LogP contribution in [0.5, 0.6) is 0 Å². The van der Waals surface area contributed by atoms with Gasteiger partial charge in [-0.05, 0) is 24.1 Å². The monoisotopic (exact) mass is 240 g/mol. The Morgan fingerprint density at radius 2 is 2.08 bits per heavy atom. The second kappa shape index (κ2) is 4.23. The molecule has 0 aliphatic rings. The van der Waals surface area contributed by atoms with Gasteiger partial charge in [-0.3, -0.25) is 0 Å². The van der Waals surface area contributed by atoms with Crippen LogP contribution in [0.4, 0.5) is 0 Å². The summed E-state index contributed by atoms with van der Waals surface area (Å²) in [6.45, 7) is 1.77. The highest BCUT2D eigenvalue weighted by molar-refractivity contribution is 9.10. The molecular weight excluding hydrogens is 232 g/mol. The van der Waals surface area contributed by atoms with E-state index in [0.29, 0.717) is 0 Å². The van der Waals surface area contributed by atoms with Gasteiger partial charge in [-0.1, -0.05) is 34.1 Å². The van der Waals surface area contributed by atoms with Crippen molar-refractivity contribution in [2.24, 2.45) is 0 Å². The van der Waals surface area contributed by atoms with Crippen LogP contribution in [0.2, 0.25) is 0 Å². The van der Waals surface area contributed by atoms with Gasteiger partial charge in [0.15, 0.2) is 0 Å².